The van der Waals surface area contributed by atoms with Crippen molar-refractivity contribution in [1.29, 1.82) is 0 Å². The molecular weight excluding hydrogens is 176 g/mol. The third-order valence-corrected chi connectivity index (χ3v) is 2.11. The number of nitrogens with zero attached hydrogens (tertiary/aromatic N) is 3. The van der Waals surface area contributed by atoms with Crippen LogP contribution in [0.1, 0.15) is 0 Å². The van der Waals surface area contributed by atoms with E-state index in [1.54, 1.807) is 10.8 Å². The first kappa shape index (κ1) is 7.32. The van der Waals surface area contributed by atoms with E-state index in [4.69, 9.17) is 0 Å². The van der Waals surface area contributed by atoms with E-state index in [1.807, 2.05) is 36.4 Å². The van der Waals surface area contributed by atoms with Crippen LogP contribution in [0.2, 0.25) is 0 Å². The highest BCUT2D eigenvalue weighted by Gasteiger charge is 2.03. The second kappa shape index (κ2) is 2.70. The fourth-order valence-corrected chi connectivity index (χ4v) is 1.43. The number of benzene rings is 1. The Bertz CT molecular complexity index is 521. The number of aromatic nitrogens is 4. The van der Waals surface area contributed by atoms with Crippen LogP contribution < -0.4 is 0 Å². The zero-order valence-corrected chi connectivity index (χ0v) is 7.38. The molecule has 4 nitrogen and oxygen atoms in total. The molecule has 0 unspecified atom stereocenters. The third-order valence-electron chi connectivity index (χ3n) is 2.11. The summed E-state index contributed by atoms with van der Waals surface area (Å²) >= 11 is 0. The molecule has 0 saturated heterocycles. The van der Waals surface area contributed by atoms with E-state index >= 15 is 0 Å². The largest absolute Gasteiger partial charge is 0.259 e. The van der Waals surface area contributed by atoms with Crippen molar-refractivity contribution in [2.75, 3.05) is 0 Å². The van der Waals surface area contributed by atoms with Crippen LogP contribution in [0.3, 0.4) is 0 Å². The Balaban J connectivity index is 2.19. The number of nitrogens with one attached hydrogen (secondary N) is 1. The molecule has 3 rings (SSSR count). The first-order valence-electron chi connectivity index (χ1n) is 4.39. The van der Waals surface area contributed by atoms with Gasteiger partial charge in [-0.15, -0.1) is 0 Å². The molecule has 0 aliphatic carbocycles. The van der Waals surface area contributed by atoms with E-state index < -0.39 is 0 Å². The van der Waals surface area contributed by atoms with Gasteiger partial charge in [-0.25, -0.2) is 4.98 Å². The Morgan fingerprint density at radius 3 is 2.71 bits per heavy atom. The van der Waals surface area contributed by atoms with Gasteiger partial charge in [-0.05, 0) is 0 Å². The summed E-state index contributed by atoms with van der Waals surface area (Å²) in [5, 5.41) is 7.15. The van der Waals surface area contributed by atoms with E-state index in [1.165, 1.54) is 0 Å². The SMILES string of the molecule is c1ccc(-c2nc3ccnn3[nH]2)cc1. The molecule has 3 aromatic rings. The highest BCUT2D eigenvalue weighted by molar-refractivity contribution is 5.57. The molecule has 0 amide bonds. The lowest BCUT2D eigenvalue weighted by Crippen LogP contribution is -1.85. The highest BCUT2D eigenvalue weighted by Crippen LogP contribution is 2.14. The van der Waals surface area contributed by atoms with Gasteiger partial charge in [-0.2, -0.15) is 9.73 Å². The topological polar surface area (TPSA) is 46.0 Å². The number of fused-ring (bicyclic) bond motifs is 1. The van der Waals surface area contributed by atoms with Crippen LogP contribution in [0.5, 0.6) is 0 Å². The van der Waals surface area contributed by atoms with Gasteiger partial charge in [0, 0.05) is 11.6 Å². The Labute approximate surface area is 80.2 Å². The fourth-order valence-electron chi connectivity index (χ4n) is 1.43. The molecule has 1 aromatic carbocycles. The van der Waals surface area contributed by atoms with Crippen molar-refractivity contribution in [3.8, 4) is 11.4 Å². The molecule has 68 valence electrons. The molecule has 0 atom stereocenters. The molecule has 0 saturated carbocycles. The number of rotatable bonds is 1. The summed E-state index contributed by atoms with van der Waals surface area (Å²) in [5.41, 5.74) is 1.90. The van der Waals surface area contributed by atoms with Crippen LogP contribution in [0.25, 0.3) is 17.0 Å². The number of H-pyrrole nitrogens is 1. The second-order valence-corrected chi connectivity index (χ2v) is 3.04. The van der Waals surface area contributed by atoms with Gasteiger partial charge in [-0.3, -0.25) is 5.10 Å². The van der Waals surface area contributed by atoms with Crippen LogP contribution in [0, 0.1) is 0 Å². The minimum atomic E-state index is 0.837. The van der Waals surface area contributed by atoms with Crippen LogP contribution in [0.15, 0.2) is 42.6 Å². The fraction of sp³-hybridized carbons (Fsp3) is 0. The molecule has 0 aliphatic rings. The van der Waals surface area contributed by atoms with Crippen LogP contribution in [0.4, 0.5) is 0 Å². The molecule has 2 heterocycles. The molecule has 4 heteroatoms. The molecule has 1 N–H and O–H groups in total. The number of hydrogen-bond acceptors (Lipinski definition) is 2. The van der Waals surface area contributed by atoms with E-state index in [-0.39, 0.29) is 0 Å². The smallest absolute Gasteiger partial charge is 0.175 e. The van der Waals surface area contributed by atoms with E-state index in [2.05, 4.69) is 15.2 Å². The zero-order valence-electron chi connectivity index (χ0n) is 7.38. The van der Waals surface area contributed by atoms with Crippen molar-refractivity contribution in [2.24, 2.45) is 0 Å². The highest BCUT2D eigenvalue weighted by atomic mass is 15.4. The Morgan fingerprint density at radius 2 is 1.93 bits per heavy atom. The minimum absolute atomic E-state index is 0.837. The predicted molar refractivity (Wildman–Crippen MR) is 52.8 cm³/mol. The summed E-state index contributed by atoms with van der Waals surface area (Å²) in [7, 11) is 0. The normalized spacial score (nSPS) is 10.9. The Hall–Kier alpha value is -2.10. The lowest BCUT2D eigenvalue weighted by atomic mass is 10.2. The van der Waals surface area contributed by atoms with Gasteiger partial charge in [0.2, 0.25) is 0 Å². The molecule has 0 radical (unpaired) electrons. The van der Waals surface area contributed by atoms with Gasteiger partial charge in [0.25, 0.3) is 0 Å². The van der Waals surface area contributed by atoms with Gasteiger partial charge in [0.1, 0.15) is 0 Å². The van der Waals surface area contributed by atoms with Crippen molar-refractivity contribution in [3.05, 3.63) is 42.6 Å². The Morgan fingerprint density at radius 1 is 1.07 bits per heavy atom. The maximum absolute atomic E-state index is 4.39. The van der Waals surface area contributed by atoms with Gasteiger partial charge in [0.15, 0.2) is 11.5 Å². The maximum Gasteiger partial charge on any atom is 0.175 e. The lowest BCUT2D eigenvalue weighted by Gasteiger charge is -1.92. The quantitative estimate of drug-likeness (QED) is 0.626. The first-order chi connectivity index (χ1) is 6.93. The summed E-state index contributed by atoms with van der Waals surface area (Å²) in [4.78, 5) is 4.39. The molecular formula is C10H8N4. The van der Waals surface area contributed by atoms with Crippen LogP contribution >= 0.6 is 0 Å². The van der Waals surface area contributed by atoms with Gasteiger partial charge < -0.3 is 0 Å². The maximum atomic E-state index is 4.39. The lowest BCUT2D eigenvalue weighted by molar-refractivity contribution is 0.825. The standard InChI is InChI=1S/C10H8N4/c1-2-4-8(5-3-1)10-12-9-6-7-11-14(9)13-10/h1-7H,(H,12,13). The van der Waals surface area contributed by atoms with Crippen LogP contribution in [-0.2, 0) is 0 Å². The number of aromatic amines is 1. The summed E-state index contributed by atoms with van der Waals surface area (Å²) in [6, 6.07) is 11.8. The van der Waals surface area contributed by atoms with Gasteiger partial charge in [-0.1, -0.05) is 30.3 Å². The average molecular weight is 184 g/mol. The minimum Gasteiger partial charge on any atom is -0.259 e. The van der Waals surface area contributed by atoms with Gasteiger partial charge >= 0.3 is 0 Å². The molecule has 0 spiro atoms. The van der Waals surface area contributed by atoms with Crippen molar-refractivity contribution in [1.82, 2.24) is 19.8 Å². The summed E-state index contributed by atoms with van der Waals surface area (Å²) < 4.78 is 1.66. The zero-order chi connectivity index (χ0) is 9.38. The predicted octanol–water partition coefficient (Wildman–Crippen LogP) is 1.72. The molecule has 14 heavy (non-hydrogen) atoms. The second-order valence-electron chi connectivity index (χ2n) is 3.04. The number of hydrogen-bond donors (Lipinski definition) is 1. The van der Waals surface area contributed by atoms with Crippen molar-refractivity contribution >= 4 is 5.65 Å². The van der Waals surface area contributed by atoms with Crippen molar-refractivity contribution in [3.63, 3.8) is 0 Å². The van der Waals surface area contributed by atoms with Crippen molar-refractivity contribution in [2.45, 2.75) is 0 Å². The molecule has 2 aromatic heterocycles. The first-order valence-corrected chi connectivity index (χ1v) is 4.39. The average Bonchev–Trinajstić information content (AvgIpc) is 2.78. The molecule has 0 bridgehead atoms. The van der Waals surface area contributed by atoms with Crippen LogP contribution in [-0.4, -0.2) is 19.8 Å². The van der Waals surface area contributed by atoms with Gasteiger partial charge in [0.05, 0.1) is 6.20 Å². The monoisotopic (exact) mass is 184 g/mol. The summed E-state index contributed by atoms with van der Waals surface area (Å²) in [6.07, 6.45) is 1.72. The van der Waals surface area contributed by atoms with E-state index in [9.17, 15) is 0 Å². The summed E-state index contributed by atoms with van der Waals surface area (Å²) in [5.74, 6) is 0.841. The third kappa shape index (κ3) is 1.01. The summed E-state index contributed by atoms with van der Waals surface area (Å²) in [6.45, 7) is 0. The Kier molecular flexibility index (Phi) is 1.41. The van der Waals surface area contributed by atoms with E-state index in [0.29, 0.717) is 0 Å². The van der Waals surface area contributed by atoms with E-state index in [0.717, 1.165) is 17.0 Å². The molecule has 0 fully saturated rings. The van der Waals surface area contributed by atoms with Crippen molar-refractivity contribution < 1.29 is 0 Å². The molecule has 0 aliphatic heterocycles.